The first-order chi connectivity index (χ1) is 15.6. The third kappa shape index (κ3) is 3.43. The predicted molar refractivity (Wildman–Crippen MR) is 127 cm³/mol. The second-order valence-corrected chi connectivity index (χ2v) is 8.78. The number of carbonyl (C=O) groups excluding carboxylic acids is 2. The zero-order valence-electron chi connectivity index (χ0n) is 17.6. The summed E-state index contributed by atoms with van der Waals surface area (Å²) in [6.45, 7) is 1.04. The highest BCUT2D eigenvalue weighted by Gasteiger charge is 2.62. The number of urea groups is 1. The molecule has 162 valence electrons. The van der Waals surface area contributed by atoms with Crippen molar-refractivity contribution in [2.24, 2.45) is 5.41 Å². The predicted octanol–water partition coefficient (Wildman–Crippen LogP) is 5.74. The van der Waals surface area contributed by atoms with E-state index in [2.05, 4.69) is 17.4 Å². The van der Waals surface area contributed by atoms with Gasteiger partial charge in [0.1, 0.15) is 0 Å². The normalized spacial score (nSPS) is 19.5. The van der Waals surface area contributed by atoms with Crippen molar-refractivity contribution in [3.8, 4) is 0 Å². The summed E-state index contributed by atoms with van der Waals surface area (Å²) in [7, 11) is 0. The molecule has 2 heterocycles. The van der Waals surface area contributed by atoms with Crippen LogP contribution in [0.25, 0.3) is 0 Å². The maximum absolute atomic E-state index is 13.5. The molecule has 3 aromatic carbocycles. The summed E-state index contributed by atoms with van der Waals surface area (Å²) in [5, 5.41) is 3.40. The highest BCUT2D eigenvalue weighted by molar-refractivity contribution is 6.33. The quantitative estimate of drug-likeness (QED) is 0.522. The second-order valence-electron chi connectivity index (χ2n) is 8.38. The number of carbonyl (C=O) groups is 2. The van der Waals surface area contributed by atoms with Crippen LogP contribution >= 0.6 is 11.6 Å². The van der Waals surface area contributed by atoms with E-state index in [0.29, 0.717) is 36.6 Å². The lowest BCUT2D eigenvalue weighted by atomic mass is 9.62. The number of hydrogen-bond donors (Lipinski definition) is 1. The van der Waals surface area contributed by atoms with Crippen molar-refractivity contribution in [2.45, 2.75) is 18.9 Å². The number of piperidine rings is 1. The summed E-state index contributed by atoms with van der Waals surface area (Å²) < 4.78 is 0. The number of anilines is 2. The van der Waals surface area contributed by atoms with E-state index in [1.807, 2.05) is 65.6 Å². The maximum Gasteiger partial charge on any atom is 0.321 e. The van der Waals surface area contributed by atoms with E-state index >= 15 is 0 Å². The summed E-state index contributed by atoms with van der Waals surface area (Å²) in [5.41, 5.74) is 2.15. The van der Waals surface area contributed by atoms with Gasteiger partial charge in [0.05, 0.1) is 22.2 Å². The smallest absolute Gasteiger partial charge is 0.321 e. The summed E-state index contributed by atoms with van der Waals surface area (Å²) in [6, 6.07) is 27.0. The Hall–Kier alpha value is -3.31. The largest absolute Gasteiger partial charge is 0.324 e. The highest BCUT2D eigenvalue weighted by atomic mass is 35.5. The number of nitrogens with zero attached hydrogens (tertiary/aromatic N) is 2. The van der Waals surface area contributed by atoms with Gasteiger partial charge in [0.15, 0.2) is 0 Å². The van der Waals surface area contributed by atoms with Crippen LogP contribution < -0.4 is 10.2 Å². The number of amides is 3. The van der Waals surface area contributed by atoms with E-state index in [4.69, 9.17) is 11.6 Å². The molecule has 1 N–H and O–H groups in total. The lowest BCUT2D eigenvalue weighted by molar-refractivity contribution is -0.144. The van der Waals surface area contributed by atoms with Crippen molar-refractivity contribution in [3.63, 3.8) is 0 Å². The van der Waals surface area contributed by atoms with Crippen LogP contribution in [0.1, 0.15) is 24.4 Å². The minimum absolute atomic E-state index is 0.0348. The van der Waals surface area contributed by atoms with Crippen molar-refractivity contribution in [2.75, 3.05) is 23.3 Å². The first kappa shape index (κ1) is 20.6. The van der Waals surface area contributed by atoms with Crippen LogP contribution in [0.15, 0.2) is 84.9 Å². The van der Waals surface area contributed by atoms with Crippen LogP contribution in [0.3, 0.4) is 0 Å². The molecule has 2 aliphatic heterocycles. The average molecular weight is 446 g/mol. The number of nitrogens with one attached hydrogen (secondary N) is 1. The fourth-order valence-corrected chi connectivity index (χ4v) is 5.15. The molecule has 1 spiro atoms. The van der Waals surface area contributed by atoms with E-state index in [1.165, 1.54) is 0 Å². The number of β-lactam (4-membered cyclic amide) rings is 1. The zero-order chi connectivity index (χ0) is 22.1. The average Bonchev–Trinajstić information content (AvgIpc) is 2.84. The molecule has 3 aromatic rings. The molecular weight excluding hydrogens is 422 g/mol. The zero-order valence-corrected chi connectivity index (χ0v) is 18.3. The third-order valence-electron chi connectivity index (χ3n) is 6.63. The first-order valence-electron chi connectivity index (χ1n) is 10.8. The Morgan fingerprint density at radius 3 is 2.12 bits per heavy atom. The Morgan fingerprint density at radius 2 is 1.47 bits per heavy atom. The van der Waals surface area contributed by atoms with Gasteiger partial charge in [0.2, 0.25) is 5.91 Å². The molecule has 0 aliphatic carbocycles. The van der Waals surface area contributed by atoms with Crippen LogP contribution in [0.4, 0.5) is 16.2 Å². The fraction of sp³-hybridized carbons (Fsp3) is 0.231. The van der Waals surface area contributed by atoms with Gasteiger partial charge in [-0.3, -0.25) is 4.79 Å². The molecule has 3 amide bonds. The van der Waals surface area contributed by atoms with Crippen molar-refractivity contribution in [1.82, 2.24) is 4.90 Å². The Labute approximate surface area is 192 Å². The summed E-state index contributed by atoms with van der Waals surface area (Å²) in [4.78, 5) is 30.0. The molecule has 2 fully saturated rings. The summed E-state index contributed by atoms with van der Waals surface area (Å²) in [5.74, 6) is 0.142. The van der Waals surface area contributed by atoms with Gasteiger partial charge in [0, 0.05) is 18.8 Å². The maximum atomic E-state index is 13.5. The Morgan fingerprint density at radius 1 is 0.875 bits per heavy atom. The summed E-state index contributed by atoms with van der Waals surface area (Å²) in [6.07, 6.45) is 1.26. The molecule has 0 aromatic heterocycles. The molecule has 32 heavy (non-hydrogen) atoms. The molecule has 5 rings (SSSR count). The molecule has 2 aliphatic rings. The number of likely N-dealkylation sites (tertiary alicyclic amines) is 1. The lowest BCUT2D eigenvalue weighted by Crippen LogP contribution is -2.67. The monoisotopic (exact) mass is 445 g/mol. The standard InChI is InChI=1S/C26H24ClN3O2/c27-21-13-7-8-14-22(21)28-25(32)29-17-15-26(16-18-29)23(19-9-3-1-4-10-19)30(24(26)31)20-11-5-2-6-12-20/h1-14,23H,15-18H2,(H,28,32). The van der Waals surface area contributed by atoms with Crippen LogP contribution in [0.5, 0.6) is 0 Å². The summed E-state index contributed by atoms with van der Waals surface area (Å²) >= 11 is 6.18. The highest BCUT2D eigenvalue weighted by Crippen LogP contribution is 2.57. The van der Waals surface area contributed by atoms with Gasteiger partial charge in [0.25, 0.3) is 0 Å². The van der Waals surface area contributed by atoms with E-state index in [1.54, 1.807) is 17.0 Å². The van der Waals surface area contributed by atoms with E-state index < -0.39 is 5.41 Å². The SMILES string of the molecule is O=C(Nc1ccccc1Cl)N1CCC2(CC1)C(=O)N(c1ccccc1)C2c1ccccc1. The Balaban J connectivity index is 1.36. The van der Waals surface area contributed by atoms with Gasteiger partial charge >= 0.3 is 6.03 Å². The lowest BCUT2D eigenvalue weighted by Gasteiger charge is -2.59. The van der Waals surface area contributed by atoms with Crippen molar-refractivity contribution in [1.29, 1.82) is 0 Å². The molecule has 0 saturated carbocycles. The molecule has 2 saturated heterocycles. The Bertz CT molecular complexity index is 1130. The third-order valence-corrected chi connectivity index (χ3v) is 6.96. The van der Waals surface area contributed by atoms with E-state index in [-0.39, 0.29) is 18.0 Å². The molecule has 0 radical (unpaired) electrons. The van der Waals surface area contributed by atoms with Crippen LogP contribution in [0, 0.1) is 5.41 Å². The van der Waals surface area contributed by atoms with Crippen LogP contribution in [-0.4, -0.2) is 29.9 Å². The van der Waals surface area contributed by atoms with Gasteiger partial charge in [-0.25, -0.2) is 4.79 Å². The van der Waals surface area contributed by atoms with E-state index in [0.717, 1.165) is 11.3 Å². The van der Waals surface area contributed by atoms with Gasteiger partial charge < -0.3 is 15.1 Å². The minimum atomic E-state index is -0.488. The molecule has 0 bridgehead atoms. The molecule has 1 atom stereocenters. The van der Waals surface area contributed by atoms with Crippen molar-refractivity contribution in [3.05, 3.63) is 95.5 Å². The van der Waals surface area contributed by atoms with Gasteiger partial charge in [-0.1, -0.05) is 72.3 Å². The van der Waals surface area contributed by atoms with Gasteiger partial charge in [-0.15, -0.1) is 0 Å². The molecule has 1 unspecified atom stereocenters. The number of para-hydroxylation sites is 2. The second kappa shape index (κ2) is 8.32. The molecular formula is C26H24ClN3O2. The fourth-order valence-electron chi connectivity index (χ4n) is 4.97. The minimum Gasteiger partial charge on any atom is -0.324 e. The molecule has 6 heteroatoms. The molecule has 5 nitrogen and oxygen atoms in total. The van der Waals surface area contributed by atoms with Gasteiger partial charge in [-0.2, -0.15) is 0 Å². The first-order valence-corrected chi connectivity index (χ1v) is 11.2. The Kier molecular flexibility index (Phi) is 5.35. The van der Waals surface area contributed by atoms with Crippen molar-refractivity contribution >= 4 is 34.9 Å². The van der Waals surface area contributed by atoms with Crippen LogP contribution in [0.2, 0.25) is 5.02 Å². The number of halogens is 1. The van der Waals surface area contributed by atoms with E-state index in [9.17, 15) is 9.59 Å². The van der Waals surface area contributed by atoms with Gasteiger partial charge in [-0.05, 0) is 42.7 Å². The number of rotatable bonds is 3. The number of hydrogen-bond acceptors (Lipinski definition) is 2. The topological polar surface area (TPSA) is 52.7 Å². The van der Waals surface area contributed by atoms with Crippen molar-refractivity contribution < 1.29 is 9.59 Å². The van der Waals surface area contributed by atoms with Crippen LogP contribution in [-0.2, 0) is 4.79 Å². The number of benzene rings is 3.